The van der Waals surface area contributed by atoms with Crippen LogP contribution in [0.4, 0.5) is 10.2 Å². The predicted molar refractivity (Wildman–Crippen MR) is 92.7 cm³/mol. The topological polar surface area (TPSA) is 49.3 Å². The summed E-state index contributed by atoms with van der Waals surface area (Å²) in [5, 5.41) is 9.58. The smallest absolute Gasteiger partial charge is 0.164 e. The Hall–Kier alpha value is -2.69. The molecule has 4 rings (SSSR count). The maximum absolute atomic E-state index is 13.2. The number of aromatic hydroxyl groups is 1. The third-order valence-electron chi connectivity index (χ3n) is 4.49. The summed E-state index contributed by atoms with van der Waals surface area (Å²) in [6.45, 7) is 2.04. The van der Waals surface area contributed by atoms with Crippen LogP contribution < -0.4 is 4.90 Å². The lowest BCUT2D eigenvalue weighted by Crippen LogP contribution is -2.30. The molecule has 5 heteroatoms. The van der Waals surface area contributed by atoms with Crippen molar-refractivity contribution in [1.82, 2.24) is 9.97 Å². The number of phenols is 1. The largest absolute Gasteiger partial charge is 0.505 e. The molecule has 0 amide bonds. The van der Waals surface area contributed by atoms with Gasteiger partial charge in [-0.05, 0) is 54.7 Å². The lowest BCUT2D eigenvalue weighted by molar-refractivity contribution is 0.433. The highest BCUT2D eigenvalue weighted by Crippen LogP contribution is 2.28. The molecule has 0 spiro atoms. The Balaban J connectivity index is 1.74. The van der Waals surface area contributed by atoms with Gasteiger partial charge < -0.3 is 10.0 Å². The van der Waals surface area contributed by atoms with E-state index in [2.05, 4.69) is 9.88 Å². The number of hydrogen-bond acceptors (Lipinski definition) is 4. The average molecular weight is 323 g/mol. The number of nitrogens with zero attached hydrogens (tertiary/aromatic N) is 3. The molecule has 0 radical (unpaired) electrons. The number of aromatic nitrogens is 2. The number of benzene rings is 2. The minimum Gasteiger partial charge on any atom is -0.505 e. The van der Waals surface area contributed by atoms with E-state index >= 15 is 0 Å². The summed E-state index contributed by atoms with van der Waals surface area (Å²) < 4.78 is 13.2. The Morgan fingerprint density at radius 1 is 0.917 bits per heavy atom. The third-order valence-corrected chi connectivity index (χ3v) is 4.49. The van der Waals surface area contributed by atoms with Crippen molar-refractivity contribution in [2.24, 2.45) is 0 Å². The fourth-order valence-corrected chi connectivity index (χ4v) is 3.15. The summed E-state index contributed by atoms with van der Waals surface area (Å²) >= 11 is 0. The van der Waals surface area contributed by atoms with E-state index in [1.807, 2.05) is 24.4 Å². The van der Waals surface area contributed by atoms with E-state index in [1.165, 1.54) is 31.4 Å². The van der Waals surface area contributed by atoms with Crippen LogP contribution in [0, 0.1) is 5.82 Å². The zero-order valence-corrected chi connectivity index (χ0v) is 13.2. The van der Waals surface area contributed by atoms with Crippen molar-refractivity contribution in [2.75, 3.05) is 18.0 Å². The number of fused-ring (bicyclic) bond motifs is 1. The quantitative estimate of drug-likeness (QED) is 0.770. The highest BCUT2D eigenvalue weighted by Gasteiger charge is 2.13. The Morgan fingerprint density at radius 2 is 1.67 bits per heavy atom. The molecule has 0 unspecified atom stereocenters. The summed E-state index contributed by atoms with van der Waals surface area (Å²) in [6.07, 6.45) is 5.48. The Morgan fingerprint density at radius 3 is 2.46 bits per heavy atom. The molecule has 0 saturated carbocycles. The highest BCUT2D eigenvalue weighted by atomic mass is 19.1. The number of piperidine rings is 1. The van der Waals surface area contributed by atoms with Crippen LogP contribution in [0.1, 0.15) is 19.3 Å². The van der Waals surface area contributed by atoms with Gasteiger partial charge in [0.25, 0.3) is 0 Å². The van der Waals surface area contributed by atoms with Crippen LogP contribution in [-0.4, -0.2) is 28.2 Å². The van der Waals surface area contributed by atoms with Crippen LogP contribution in [0.2, 0.25) is 0 Å². The van der Waals surface area contributed by atoms with Gasteiger partial charge in [-0.1, -0.05) is 12.1 Å². The van der Waals surface area contributed by atoms with Crippen LogP contribution in [0.3, 0.4) is 0 Å². The Bertz CT molecular complexity index is 891. The zero-order chi connectivity index (χ0) is 16.5. The average Bonchev–Trinajstić information content (AvgIpc) is 2.64. The van der Waals surface area contributed by atoms with Gasteiger partial charge in [0.05, 0.1) is 17.2 Å². The minimum absolute atomic E-state index is 0.347. The lowest BCUT2D eigenvalue weighted by atomic mass is 10.0. The normalized spacial score (nSPS) is 15.0. The van der Waals surface area contributed by atoms with Crippen molar-refractivity contribution in [1.29, 1.82) is 0 Å². The molecule has 122 valence electrons. The summed E-state index contributed by atoms with van der Waals surface area (Å²) in [6, 6.07) is 10.1. The van der Waals surface area contributed by atoms with Crippen molar-refractivity contribution in [3.8, 4) is 16.9 Å². The summed E-state index contributed by atoms with van der Waals surface area (Å²) in [5.74, 6) is -0.0613. The second kappa shape index (κ2) is 6.07. The maximum Gasteiger partial charge on any atom is 0.164 e. The number of rotatable bonds is 2. The minimum atomic E-state index is -0.619. The molecule has 3 aromatic rings. The van der Waals surface area contributed by atoms with E-state index in [4.69, 9.17) is 4.98 Å². The summed E-state index contributed by atoms with van der Waals surface area (Å²) in [5.41, 5.74) is 3.26. The number of anilines is 1. The number of phenolic OH excluding ortho intramolecular Hbond substituents is 1. The molecule has 1 aromatic heterocycles. The second-order valence-corrected chi connectivity index (χ2v) is 6.15. The first-order chi connectivity index (χ1) is 11.7. The number of hydrogen-bond donors (Lipinski definition) is 1. The molecule has 1 aliphatic heterocycles. The van der Waals surface area contributed by atoms with Crippen LogP contribution in [0.25, 0.3) is 22.2 Å². The molecule has 0 atom stereocenters. The summed E-state index contributed by atoms with van der Waals surface area (Å²) in [7, 11) is 0. The van der Waals surface area contributed by atoms with Crippen molar-refractivity contribution < 1.29 is 9.50 Å². The molecular weight excluding hydrogens is 305 g/mol. The number of halogens is 1. The molecule has 2 heterocycles. The van der Waals surface area contributed by atoms with Crippen LogP contribution in [0.15, 0.2) is 42.6 Å². The van der Waals surface area contributed by atoms with E-state index in [0.29, 0.717) is 0 Å². The van der Waals surface area contributed by atoms with Gasteiger partial charge in [0.1, 0.15) is 5.82 Å². The lowest BCUT2D eigenvalue weighted by Gasteiger charge is -2.27. The Kier molecular flexibility index (Phi) is 3.76. The van der Waals surface area contributed by atoms with Crippen LogP contribution in [-0.2, 0) is 0 Å². The molecule has 24 heavy (non-hydrogen) atoms. The van der Waals surface area contributed by atoms with Crippen molar-refractivity contribution >= 4 is 16.9 Å². The van der Waals surface area contributed by atoms with Gasteiger partial charge in [0.15, 0.2) is 11.6 Å². The molecule has 0 bridgehead atoms. The molecule has 1 N–H and O–H groups in total. The van der Waals surface area contributed by atoms with Gasteiger partial charge >= 0.3 is 0 Å². The molecule has 0 aliphatic carbocycles. The van der Waals surface area contributed by atoms with Crippen LogP contribution in [0.5, 0.6) is 5.75 Å². The molecule has 1 saturated heterocycles. The second-order valence-electron chi connectivity index (χ2n) is 6.15. The molecule has 1 fully saturated rings. The van der Waals surface area contributed by atoms with Gasteiger partial charge in [0.2, 0.25) is 0 Å². The molecule has 2 aromatic carbocycles. The van der Waals surface area contributed by atoms with E-state index < -0.39 is 5.82 Å². The first-order valence-electron chi connectivity index (χ1n) is 8.21. The van der Waals surface area contributed by atoms with Crippen LogP contribution >= 0.6 is 0 Å². The fourth-order valence-electron chi connectivity index (χ4n) is 3.15. The van der Waals surface area contributed by atoms with Gasteiger partial charge in [-0.3, -0.25) is 4.98 Å². The summed E-state index contributed by atoms with van der Waals surface area (Å²) in [4.78, 5) is 11.5. The fraction of sp³-hybridized carbons (Fsp3) is 0.263. The van der Waals surface area contributed by atoms with Gasteiger partial charge in [-0.15, -0.1) is 0 Å². The SMILES string of the molecule is Oc1cc(-c2ccc3ncc(N4CCCCC4)nc3c2)ccc1F. The van der Waals surface area contributed by atoms with Gasteiger partial charge in [0, 0.05) is 13.1 Å². The molecular formula is C19H18FN3O. The maximum atomic E-state index is 13.2. The first kappa shape index (κ1) is 14.9. The van der Waals surface area contributed by atoms with E-state index in [-0.39, 0.29) is 5.75 Å². The molecule has 1 aliphatic rings. The Labute approximate surface area is 139 Å². The van der Waals surface area contributed by atoms with Crippen molar-refractivity contribution in [3.63, 3.8) is 0 Å². The van der Waals surface area contributed by atoms with E-state index in [0.717, 1.165) is 41.1 Å². The van der Waals surface area contributed by atoms with E-state index in [9.17, 15) is 9.50 Å². The standard InChI is InChI=1S/C19H18FN3O/c20-15-6-4-14(11-18(15)24)13-5-7-16-17(10-13)22-19(12-21-16)23-8-2-1-3-9-23/h4-7,10-12,24H,1-3,8-9H2. The predicted octanol–water partition coefficient (Wildman–Crippen LogP) is 4.13. The van der Waals surface area contributed by atoms with Crippen molar-refractivity contribution in [3.05, 3.63) is 48.4 Å². The van der Waals surface area contributed by atoms with E-state index in [1.54, 1.807) is 6.07 Å². The molecule has 4 nitrogen and oxygen atoms in total. The zero-order valence-electron chi connectivity index (χ0n) is 13.2. The highest BCUT2D eigenvalue weighted by molar-refractivity contribution is 5.82. The van der Waals surface area contributed by atoms with Gasteiger partial charge in [-0.25, -0.2) is 9.37 Å². The monoisotopic (exact) mass is 323 g/mol. The van der Waals surface area contributed by atoms with Crippen molar-refractivity contribution in [2.45, 2.75) is 19.3 Å². The first-order valence-corrected chi connectivity index (χ1v) is 8.21. The van der Waals surface area contributed by atoms with Gasteiger partial charge in [-0.2, -0.15) is 0 Å². The third kappa shape index (κ3) is 2.77.